The highest BCUT2D eigenvalue weighted by Crippen LogP contribution is 2.32. The van der Waals surface area contributed by atoms with Gasteiger partial charge in [0.05, 0.1) is 0 Å². The standard InChI is InChI=1S/C28H24N/c1-4-11-21(5-2)24-17-25(22-12-7-6-8-13-22)19-26(18-24)27-16-23-14-9-10-15-28(23)29(3)20-27/h4-20H,1-2H2,3H3/q+1/b21-11+. The Labute approximate surface area is 172 Å². The summed E-state index contributed by atoms with van der Waals surface area (Å²) in [5, 5.41) is 1.23. The first-order chi connectivity index (χ1) is 14.2. The number of benzene rings is 3. The Hall–Kier alpha value is -3.71. The summed E-state index contributed by atoms with van der Waals surface area (Å²) in [6.07, 6.45) is 7.89. The van der Waals surface area contributed by atoms with Gasteiger partial charge in [-0.05, 0) is 58.2 Å². The van der Waals surface area contributed by atoms with Gasteiger partial charge in [0.15, 0.2) is 6.20 Å². The Morgan fingerprint density at radius 1 is 0.759 bits per heavy atom. The number of fused-ring (bicyclic) bond motifs is 1. The first-order valence-corrected chi connectivity index (χ1v) is 9.74. The van der Waals surface area contributed by atoms with Crippen LogP contribution in [0.1, 0.15) is 5.56 Å². The molecule has 0 bridgehead atoms. The first kappa shape index (κ1) is 18.6. The molecule has 1 aromatic heterocycles. The fourth-order valence-electron chi connectivity index (χ4n) is 3.74. The third-order valence-electron chi connectivity index (χ3n) is 5.18. The predicted molar refractivity (Wildman–Crippen MR) is 124 cm³/mol. The monoisotopic (exact) mass is 374 g/mol. The third kappa shape index (κ3) is 3.81. The molecule has 0 aliphatic heterocycles. The van der Waals surface area contributed by atoms with Crippen LogP contribution in [-0.2, 0) is 7.05 Å². The molecular formula is C28H24N+. The van der Waals surface area contributed by atoms with Crippen LogP contribution in [0.5, 0.6) is 0 Å². The van der Waals surface area contributed by atoms with E-state index in [0.29, 0.717) is 0 Å². The number of pyridine rings is 1. The van der Waals surface area contributed by atoms with Crippen LogP contribution in [-0.4, -0.2) is 0 Å². The van der Waals surface area contributed by atoms with E-state index in [4.69, 9.17) is 0 Å². The number of allylic oxidation sites excluding steroid dienone is 4. The molecule has 0 unspecified atom stereocenters. The molecule has 0 radical (unpaired) electrons. The summed E-state index contributed by atoms with van der Waals surface area (Å²) in [7, 11) is 2.10. The summed E-state index contributed by atoms with van der Waals surface area (Å²) in [5.41, 5.74) is 8.16. The van der Waals surface area contributed by atoms with Crippen molar-refractivity contribution in [2.75, 3.05) is 0 Å². The second kappa shape index (κ2) is 8.12. The Bertz CT molecular complexity index is 1230. The van der Waals surface area contributed by atoms with Gasteiger partial charge in [-0.2, -0.15) is 0 Å². The smallest absolute Gasteiger partial charge is 0.200 e. The number of hydrogen-bond donors (Lipinski definition) is 0. The number of nitrogens with zero attached hydrogens (tertiary/aromatic N) is 1. The zero-order valence-corrected chi connectivity index (χ0v) is 16.7. The summed E-state index contributed by atoms with van der Waals surface area (Å²) < 4.78 is 2.19. The van der Waals surface area contributed by atoms with Crippen LogP contribution < -0.4 is 4.57 Å². The van der Waals surface area contributed by atoms with E-state index < -0.39 is 0 Å². The highest BCUT2D eigenvalue weighted by Gasteiger charge is 2.12. The van der Waals surface area contributed by atoms with Gasteiger partial charge in [-0.15, -0.1) is 0 Å². The molecule has 0 amide bonds. The van der Waals surface area contributed by atoms with E-state index in [9.17, 15) is 0 Å². The minimum Gasteiger partial charge on any atom is -0.200 e. The molecule has 29 heavy (non-hydrogen) atoms. The van der Waals surface area contributed by atoms with E-state index >= 15 is 0 Å². The van der Waals surface area contributed by atoms with Gasteiger partial charge in [-0.3, -0.25) is 0 Å². The number of rotatable bonds is 5. The number of aryl methyl sites for hydroxylation is 1. The zero-order valence-electron chi connectivity index (χ0n) is 16.7. The van der Waals surface area contributed by atoms with E-state index in [0.717, 1.165) is 11.1 Å². The molecule has 0 saturated carbocycles. The van der Waals surface area contributed by atoms with Crippen LogP contribution in [0.2, 0.25) is 0 Å². The largest absolute Gasteiger partial charge is 0.212 e. The number of aromatic nitrogens is 1. The molecule has 0 saturated heterocycles. The first-order valence-electron chi connectivity index (χ1n) is 9.74. The minimum absolute atomic E-state index is 1.06. The lowest BCUT2D eigenvalue weighted by Crippen LogP contribution is -2.28. The van der Waals surface area contributed by atoms with E-state index in [1.54, 1.807) is 0 Å². The molecule has 4 rings (SSSR count). The summed E-state index contributed by atoms with van der Waals surface area (Å²) >= 11 is 0. The lowest BCUT2D eigenvalue weighted by Gasteiger charge is -2.11. The van der Waals surface area contributed by atoms with Crippen molar-refractivity contribution >= 4 is 16.5 Å². The van der Waals surface area contributed by atoms with Gasteiger partial charge in [-0.1, -0.05) is 73.9 Å². The van der Waals surface area contributed by atoms with Gasteiger partial charge < -0.3 is 0 Å². The van der Waals surface area contributed by atoms with Crippen LogP contribution in [0.15, 0.2) is 116 Å². The molecular weight excluding hydrogens is 350 g/mol. The molecule has 0 aliphatic rings. The average molecular weight is 375 g/mol. The quantitative estimate of drug-likeness (QED) is 0.269. The predicted octanol–water partition coefficient (Wildman–Crippen LogP) is 6.75. The Morgan fingerprint density at radius 3 is 2.17 bits per heavy atom. The molecule has 140 valence electrons. The Kier molecular flexibility index (Phi) is 5.22. The molecule has 1 heteroatoms. The van der Waals surface area contributed by atoms with Crippen molar-refractivity contribution in [3.05, 3.63) is 122 Å². The normalized spacial score (nSPS) is 11.4. The van der Waals surface area contributed by atoms with Crippen LogP contribution in [0, 0.1) is 0 Å². The second-order valence-corrected chi connectivity index (χ2v) is 7.13. The SMILES string of the molecule is C=C/C=C(\C=C)c1cc(-c2ccccc2)cc(-c2cc3ccccc3[n+](C)c2)c1. The second-order valence-electron chi connectivity index (χ2n) is 7.13. The summed E-state index contributed by atoms with van der Waals surface area (Å²) in [6, 6.07) is 27.9. The molecule has 0 N–H and O–H groups in total. The zero-order chi connectivity index (χ0) is 20.2. The molecule has 3 aromatic carbocycles. The van der Waals surface area contributed by atoms with Gasteiger partial charge in [0.1, 0.15) is 7.05 Å². The molecule has 1 heterocycles. The molecule has 0 atom stereocenters. The maximum absolute atomic E-state index is 4.00. The van der Waals surface area contributed by atoms with Crippen LogP contribution >= 0.6 is 0 Å². The van der Waals surface area contributed by atoms with E-state index in [1.165, 1.54) is 33.2 Å². The molecule has 1 nitrogen and oxygen atoms in total. The molecule has 0 spiro atoms. The van der Waals surface area contributed by atoms with Crippen molar-refractivity contribution < 1.29 is 4.57 Å². The van der Waals surface area contributed by atoms with E-state index in [-0.39, 0.29) is 0 Å². The van der Waals surface area contributed by atoms with Crippen LogP contribution in [0.4, 0.5) is 0 Å². The maximum atomic E-state index is 4.00. The van der Waals surface area contributed by atoms with Gasteiger partial charge >= 0.3 is 0 Å². The number of para-hydroxylation sites is 1. The van der Waals surface area contributed by atoms with Crippen LogP contribution in [0.3, 0.4) is 0 Å². The lowest BCUT2D eigenvalue weighted by molar-refractivity contribution is -0.644. The van der Waals surface area contributed by atoms with Crippen molar-refractivity contribution in [3.63, 3.8) is 0 Å². The summed E-state index contributed by atoms with van der Waals surface area (Å²) in [6.45, 7) is 7.85. The highest BCUT2D eigenvalue weighted by molar-refractivity contribution is 5.86. The van der Waals surface area contributed by atoms with Crippen molar-refractivity contribution in [2.45, 2.75) is 0 Å². The van der Waals surface area contributed by atoms with Crippen molar-refractivity contribution in [1.82, 2.24) is 0 Å². The molecule has 0 fully saturated rings. The highest BCUT2D eigenvalue weighted by atomic mass is 14.9. The van der Waals surface area contributed by atoms with E-state index in [1.807, 2.05) is 24.3 Å². The molecule has 4 aromatic rings. The summed E-state index contributed by atoms with van der Waals surface area (Å²) in [5.74, 6) is 0. The fraction of sp³-hybridized carbons (Fsp3) is 0.0357. The average Bonchev–Trinajstić information content (AvgIpc) is 2.77. The van der Waals surface area contributed by atoms with Gasteiger partial charge in [0, 0.05) is 17.0 Å². The van der Waals surface area contributed by atoms with E-state index in [2.05, 4.69) is 104 Å². The van der Waals surface area contributed by atoms with Gasteiger partial charge in [-0.25, -0.2) is 4.57 Å². The Morgan fingerprint density at radius 2 is 1.45 bits per heavy atom. The molecule has 0 aliphatic carbocycles. The maximum Gasteiger partial charge on any atom is 0.212 e. The lowest BCUT2D eigenvalue weighted by atomic mass is 9.93. The summed E-state index contributed by atoms with van der Waals surface area (Å²) in [4.78, 5) is 0. The minimum atomic E-state index is 1.06. The van der Waals surface area contributed by atoms with Gasteiger partial charge in [0.2, 0.25) is 5.52 Å². The topological polar surface area (TPSA) is 3.88 Å². The third-order valence-corrected chi connectivity index (χ3v) is 5.18. The van der Waals surface area contributed by atoms with Crippen molar-refractivity contribution in [2.24, 2.45) is 7.05 Å². The van der Waals surface area contributed by atoms with Crippen molar-refractivity contribution in [3.8, 4) is 22.3 Å². The van der Waals surface area contributed by atoms with Gasteiger partial charge in [0.25, 0.3) is 0 Å². The van der Waals surface area contributed by atoms with Crippen LogP contribution in [0.25, 0.3) is 38.7 Å². The van der Waals surface area contributed by atoms with Crippen molar-refractivity contribution in [1.29, 1.82) is 0 Å². The number of hydrogen-bond acceptors (Lipinski definition) is 0. The fourth-order valence-corrected chi connectivity index (χ4v) is 3.74. The Balaban J connectivity index is 1.96.